The summed E-state index contributed by atoms with van der Waals surface area (Å²) in [5.41, 5.74) is 0.355. The minimum Gasteiger partial charge on any atom is -0.484 e. The average molecular weight is 368 g/mol. The number of benzene rings is 1. The molecule has 4 saturated carbocycles. The summed E-state index contributed by atoms with van der Waals surface area (Å²) in [6, 6.07) is 5.03. The Labute approximate surface area is 153 Å². The Morgan fingerprint density at radius 3 is 2.29 bits per heavy atom. The Hall–Kier alpha value is -0.930. The third kappa shape index (κ3) is 3.39. The second-order valence-corrected chi connectivity index (χ2v) is 8.87. The molecule has 3 nitrogen and oxygen atoms in total. The average Bonchev–Trinajstić information content (AvgIpc) is 2.53. The molecule has 1 aromatic rings. The summed E-state index contributed by atoms with van der Waals surface area (Å²) in [5, 5.41) is 4.03. The summed E-state index contributed by atoms with van der Waals surface area (Å²) < 4.78 is 5.52. The molecule has 1 aromatic carbocycles. The highest BCUT2D eigenvalue weighted by Gasteiger charge is 2.50. The van der Waals surface area contributed by atoms with E-state index in [9.17, 15) is 4.79 Å². The van der Waals surface area contributed by atoms with E-state index < -0.39 is 0 Å². The van der Waals surface area contributed by atoms with Gasteiger partial charge in [-0.1, -0.05) is 23.2 Å². The molecule has 1 amide bonds. The van der Waals surface area contributed by atoms with Crippen molar-refractivity contribution < 1.29 is 9.53 Å². The van der Waals surface area contributed by atoms with Gasteiger partial charge in [-0.15, -0.1) is 0 Å². The molecule has 5 rings (SSSR count). The number of hydrogen-bond donors (Lipinski definition) is 1. The van der Waals surface area contributed by atoms with Gasteiger partial charge in [-0.05, 0) is 73.8 Å². The quantitative estimate of drug-likeness (QED) is 0.818. The van der Waals surface area contributed by atoms with Crippen molar-refractivity contribution in [3.63, 3.8) is 0 Å². The van der Waals surface area contributed by atoms with E-state index in [1.54, 1.807) is 18.2 Å². The van der Waals surface area contributed by atoms with Crippen molar-refractivity contribution in [3.8, 4) is 5.75 Å². The first kappa shape index (κ1) is 16.5. The fourth-order valence-corrected chi connectivity index (χ4v) is 5.85. The highest BCUT2D eigenvalue weighted by molar-refractivity contribution is 6.42. The largest absolute Gasteiger partial charge is 0.484 e. The van der Waals surface area contributed by atoms with Crippen molar-refractivity contribution in [2.24, 2.45) is 23.2 Å². The van der Waals surface area contributed by atoms with Gasteiger partial charge in [0.05, 0.1) is 10.0 Å². The lowest BCUT2D eigenvalue weighted by atomic mass is 9.49. The lowest BCUT2D eigenvalue weighted by Crippen LogP contribution is -2.51. The summed E-state index contributed by atoms with van der Waals surface area (Å²) in [6.07, 6.45) is 8.17. The Bertz CT molecular complexity index is 611. The number of hydrogen-bond acceptors (Lipinski definition) is 2. The van der Waals surface area contributed by atoms with Crippen LogP contribution in [0.2, 0.25) is 10.0 Å². The molecule has 0 atom stereocenters. The Morgan fingerprint density at radius 2 is 1.71 bits per heavy atom. The lowest BCUT2D eigenvalue weighted by molar-refractivity contribution is -0.125. The first-order chi connectivity index (χ1) is 11.5. The van der Waals surface area contributed by atoms with Crippen LogP contribution in [0, 0.1) is 23.2 Å². The van der Waals surface area contributed by atoms with Crippen molar-refractivity contribution in [2.45, 2.75) is 38.5 Å². The maximum atomic E-state index is 12.2. The molecule has 4 aliphatic carbocycles. The number of ether oxygens (including phenoxy) is 1. The minimum absolute atomic E-state index is 0.0182. The van der Waals surface area contributed by atoms with Crippen LogP contribution in [-0.4, -0.2) is 19.1 Å². The van der Waals surface area contributed by atoms with Crippen LogP contribution >= 0.6 is 23.2 Å². The van der Waals surface area contributed by atoms with Crippen molar-refractivity contribution in [2.75, 3.05) is 13.2 Å². The van der Waals surface area contributed by atoms with E-state index in [0.717, 1.165) is 24.3 Å². The summed E-state index contributed by atoms with van der Waals surface area (Å²) >= 11 is 11.8. The van der Waals surface area contributed by atoms with E-state index in [4.69, 9.17) is 27.9 Å². The van der Waals surface area contributed by atoms with Gasteiger partial charge in [-0.25, -0.2) is 0 Å². The van der Waals surface area contributed by atoms with Crippen LogP contribution in [0.5, 0.6) is 5.75 Å². The number of nitrogens with one attached hydrogen (secondary N) is 1. The monoisotopic (exact) mass is 367 g/mol. The van der Waals surface area contributed by atoms with E-state index in [-0.39, 0.29) is 12.5 Å². The predicted octanol–water partition coefficient (Wildman–Crippen LogP) is 4.70. The molecule has 130 valence electrons. The molecule has 4 fully saturated rings. The standard InChI is InChI=1S/C19H23Cl2NO2/c20-16-2-1-15(6-17(16)21)24-10-18(23)22-11-19-7-12-3-13(8-19)5-14(4-12)9-19/h1-2,6,12-14H,3-5,7-11H2,(H,22,23). The van der Waals surface area contributed by atoms with E-state index >= 15 is 0 Å². The number of rotatable bonds is 5. The highest BCUT2D eigenvalue weighted by Crippen LogP contribution is 2.59. The van der Waals surface area contributed by atoms with Crippen molar-refractivity contribution >= 4 is 29.1 Å². The van der Waals surface area contributed by atoms with Gasteiger partial charge >= 0.3 is 0 Å². The molecule has 1 N–H and O–H groups in total. The third-order valence-electron chi connectivity index (χ3n) is 6.09. The minimum atomic E-state index is -0.0585. The van der Waals surface area contributed by atoms with E-state index in [0.29, 0.717) is 21.2 Å². The van der Waals surface area contributed by atoms with Gasteiger partial charge in [0.2, 0.25) is 0 Å². The molecular formula is C19H23Cl2NO2. The van der Waals surface area contributed by atoms with Gasteiger partial charge in [-0.2, -0.15) is 0 Å². The zero-order chi connectivity index (χ0) is 16.7. The lowest BCUT2D eigenvalue weighted by Gasteiger charge is -2.56. The molecule has 5 heteroatoms. The van der Waals surface area contributed by atoms with Crippen LogP contribution in [0.25, 0.3) is 0 Å². The van der Waals surface area contributed by atoms with Gasteiger partial charge in [-0.3, -0.25) is 4.79 Å². The van der Waals surface area contributed by atoms with Gasteiger partial charge in [0.15, 0.2) is 6.61 Å². The van der Waals surface area contributed by atoms with Crippen LogP contribution < -0.4 is 10.1 Å². The number of carbonyl (C=O) groups is 1. The highest BCUT2D eigenvalue weighted by atomic mass is 35.5. The van der Waals surface area contributed by atoms with E-state index in [2.05, 4.69) is 5.32 Å². The molecule has 0 radical (unpaired) electrons. The zero-order valence-corrected chi connectivity index (χ0v) is 15.2. The molecule has 0 heterocycles. The summed E-state index contributed by atoms with van der Waals surface area (Å²) in [5.74, 6) is 3.22. The molecular weight excluding hydrogens is 345 g/mol. The summed E-state index contributed by atoms with van der Waals surface area (Å²) in [6.45, 7) is 0.824. The zero-order valence-electron chi connectivity index (χ0n) is 13.7. The number of amides is 1. The fourth-order valence-electron chi connectivity index (χ4n) is 5.56. The van der Waals surface area contributed by atoms with Crippen molar-refractivity contribution in [1.82, 2.24) is 5.32 Å². The molecule has 0 spiro atoms. The number of halogens is 2. The topological polar surface area (TPSA) is 38.3 Å². The van der Waals surface area contributed by atoms with Crippen LogP contribution in [0.4, 0.5) is 0 Å². The second-order valence-electron chi connectivity index (χ2n) is 8.06. The van der Waals surface area contributed by atoms with Crippen LogP contribution in [0.1, 0.15) is 38.5 Å². The molecule has 0 saturated heterocycles. The molecule has 4 aliphatic rings. The normalized spacial score (nSPS) is 33.5. The van der Waals surface area contributed by atoms with Gasteiger partial charge in [0.25, 0.3) is 5.91 Å². The Morgan fingerprint density at radius 1 is 1.08 bits per heavy atom. The van der Waals surface area contributed by atoms with E-state index in [1.807, 2.05) is 0 Å². The summed E-state index contributed by atoms with van der Waals surface area (Å²) in [7, 11) is 0. The first-order valence-electron chi connectivity index (χ1n) is 8.86. The van der Waals surface area contributed by atoms with Gasteiger partial charge < -0.3 is 10.1 Å². The van der Waals surface area contributed by atoms with Crippen LogP contribution in [0.3, 0.4) is 0 Å². The smallest absolute Gasteiger partial charge is 0.257 e. The summed E-state index contributed by atoms with van der Waals surface area (Å²) in [4.78, 5) is 12.2. The molecule has 0 aliphatic heterocycles. The van der Waals surface area contributed by atoms with Gasteiger partial charge in [0, 0.05) is 12.6 Å². The van der Waals surface area contributed by atoms with Crippen LogP contribution in [-0.2, 0) is 4.79 Å². The molecule has 0 aromatic heterocycles. The van der Waals surface area contributed by atoms with E-state index in [1.165, 1.54) is 38.5 Å². The predicted molar refractivity (Wildman–Crippen MR) is 95.6 cm³/mol. The van der Waals surface area contributed by atoms with Gasteiger partial charge in [0.1, 0.15) is 5.75 Å². The fraction of sp³-hybridized carbons (Fsp3) is 0.632. The Kier molecular flexibility index (Phi) is 4.42. The second kappa shape index (κ2) is 6.42. The molecule has 24 heavy (non-hydrogen) atoms. The van der Waals surface area contributed by atoms with Crippen molar-refractivity contribution in [1.29, 1.82) is 0 Å². The van der Waals surface area contributed by atoms with Crippen LogP contribution in [0.15, 0.2) is 18.2 Å². The maximum Gasteiger partial charge on any atom is 0.257 e. The Balaban J connectivity index is 1.28. The SMILES string of the molecule is O=C(COc1ccc(Cl)c(Cl)c1)NCC12CC3CC(CC(C3)C1)C2. The van der Waals surface area contributed by atoms with Crippen molar-refractivity contribution in [3.05, 3.63) is 28.2 Å². The number of carbonyl (C=O) groups excluding carboxylic acids is 1. The first-order valence-corrected chi connectivity index (χ1v) is 9.61. The molecule has 0 unspecified atom stereocenters. The maximum absolute atomic E-state index is 12.2. The molecule has 4 bridgehead atoms. The third-order valence-corrected chi connectivity index (χ3v) is 6.83.